The van der Waals surface area contributed by atoms with Crippen LogP contribution in [0.4, 0.5) is 16.0 Å². The first-order valence-corrected chi connectivity index (χ1v) is 12.8. The molecule has 0 saturated carbocycles. The molecule has 196 valence electrons. The fourth-order valence-electron chi connectivity index (χ4n) is 4.95. The molecule has 5 rings (SSSR count). The third kappa shape index (κ3) is 5.45. The normalized spacial score (nSPS) is 15.2. The highest BCUT2D eigenvalue weighted by atomic mass is 19.1. The standard InChI is InChI=1S/C27H34FN9.H2/c1-17(2)36-8-6-35(7-9-36)15-21-13-30-26(14-29-21)34-25-12-23(31-16-32-25)20-10-22(28)27-24(11-20)37(18(3)4)19(5)33-27;/h10-14,16-18H,6-9,15H2,1-5H3,(H,30,31,32,34);1H. The van der Waals surface area contributed by atoms with E-state index in [1.165, 1.54) is 12.4 Å². The second-order valence-corrected chi connectivity index (χ2v) is 10.2. The van der Waals surface area contributed by atoms with Gasteiger partial charge in [-0.1, -0.05) is 0 Å². The number of hydrogen-bond acceptors (Lipinski definition) is 8. The maximum Gasteiger partial charge on any atom is 0.151 e. The first-order chi connectivity index (χ1) is 17.8. The zero-order chi connectivity index (χ0) is 26.1. The van der Waals surface area contributed by atoms with Crippen LogP contribution in [-0.4, -0.2) is 71.5 Å². The van der Waals surface area contributed by atoms with E-state index >= 15 is 0 Å². The minimum Gasteiger partial charge on any atom is -0.326 e. The minimum absolute atomic E-state index is 0. The van der Waals surface area contributed by atoms with Crippen LogP contribution in [0.1, 0.15) is 46.7 Å². The van der Waals surface area contributed by atoms with Crippen LogP contribution in [-0.2, 0) is 6.54 Å². The van der Waals surface area contributed by atoms with Crippen molar-refractivity contribution in [3.63, 3.8) is 0 Å². The number of anilines is 2. The number of nitrogens with one attached hydrogen (secondary N) is 1. The van der Waals surface area contributed by atoms with Crippen molar-refractivity contribution < 1.29 is 5.82 Å². The van der Waals surface area contributed by atoms with Crippen LogP contribution in [0.25, 0.3) is 22.3 Å². The van der Waals surface area contributed by atoms with Gasteiger partial charge in [-0.15, -0.1) is 0 Å². The fraction of sp³-hybridized carbons (Fsp3) is 0.444. The van der Waals surface area contributed by atoms with Gasteiger partial charge in [0, 0.05) is 57.9 Å². The largest absolute Gasteiger partial charge is 0.326 e. The quantitative estimate of drug-likeness (QED) is 0.382. The minimum atomic E-state index is -0.366. The summed E-state index contributed by atoms with van der Waals surface area (Å²) in [6.45, 7) is 15.5. The summed E-state index contributed by atoms with van der Waals surface area (Å²) in [5.74, 6) is 1.57. The molecule has 1 aromatic carbocycles. The number of imidazole rings is 1. The summed E-state index contributed by atoms with van der Waals surface area (Å²) in [6.07, 6.45) is 4.98. The van der Waals surface area contributed by atoms with Gasteiger partial charge in [0.25, 0.3) is 0 Å². The molecule has 1 aliphatic heterocycles. The molecule has 3 aromatic heterocycles. The van der Waals surface area contributed by atoms with E-state index in [2.05, 4.69) is 67.7 Å². The van der Waals surface area contributed by atoms with Gasteiger partial charge in [-0.2, -0.15) is 0 Å². The molecule has 0 bridgehead atoms. The van der Waals surface area contributed by atoms with Gasteiger partial charge in [-0.3, -0.25) is 14.8 Å². The van der Waals surface area contributed by atoms with Gasteiger partial charge in [0.1, 0.15) is 29.3 Å². The zero-order valence-electron chi connectivity index (χ0n) is 22.1. The number of aromatic nitrogens is 6. The van der Waals surface area contributed by atoms with Crippen molar-refractivity contribution in [1.29, 1.82) is 0 Å². The molecule has 1 N–H and O–H groups in total. The highest BCUT2D eigenvalue weighted by Crippen LogP contribution is 2.29. The molecule has 0 amide bonds. The second kappa shape index (κ2) is 10.5. The smallest absolute Gasteiger partial charge is 0.151 e. The van der Waals surface area contributed by atoms with Crippen LogP contribution in [0.3, 0.4) is 0 Å². The number of benzene rings is 1. The highest BCUT2D eigenvalue weighted by Gasteiger charge is 2.19. The van der Waals surface area contributed by atoms with E-state index in [0.717, 1.165) is 49.8 Å². The summed E-state index contributed by atoms with van der Waals surface area (Å²) in [6, 6.07) is 5.94. The summed E-state index contributed by atoms with van der Waals surface area (Å²) in [4.78, 5) is 27.2. The Labute approximate surface area is 218 Å². The van der Waals surface area contributed by atoms with E-state index in [9.17, 15) is 4.39 Å². The summed E-state index contributed by atoms with van der Waals surface area (Å²) in [7, 11) is 0. The van der Waals surface area contributed by atoms with Crippen molar-refractivity contribution in [2.75, 3.05) is 31.5 Å². The van der Waals surface area contributed by atoms with Gasteiger partial charge in [0.05, 0.1) is 29.3 Å². The van der Waals surface area contributed by atoms with Crippen molar-refractivity contribution in [3.8, 4) is 11.3 Å². The predicted octanol–water partition coefficient (Wildman–Crippen LogP) is 4.83. The van der Waals surface area contributed by atoms with Gasteiger partial charge >= 0.3 is 0 Å². The van der Waals surface area contributed by atoms with Crippen LogP contribution in [0, 0.1) is 12.7 Å². The molecule has 1 saturated heterocycles. The lowest BCUT2D eigenvalue weighted by Gasteiger charge is -2.36. The van der Waals surface area contributed by atoms with Crippen molar-refractivity contribution in [3.05, 3.63) is 54.3 Å². The predicted molar refractivity (Wildman–Crippen MR) is 145 cm³/mol. The molecule has 1 fully saturated rings. The molecular weight excluding hydrogens is 469 g/mol. The summed E-state index contributed by atoms with van der Waals surface area (Å²) in [5, 5.41) is 3.19. The lowest BCUT2D eigenvalue weighted by atomic mass is 10.1. The van der Waals surface area contributed by atoms with Crippen LogP contribution >= 0.6 is 0 Å². The van der Waals surface area contributed by atoms with Gasteiger partial charge in [0.2, 0.25) is 0 Å². The second-order valence-electron chi connectivity index (χ2n) is 10.2. The molecule has 0 spiro atoms. The SMILES string of the molecule is Cc1nc2c(F)cc(-c3cc(Nc4cnc(CN5CCN(C(C)C)CC5)cn4)ncn3)cc2n1C(C)C.[HH]. The van der Waals surface area contributed by atoms with E-state index in [-0.39, 0.29) is 13.3 Å². The molecule has 4 heterocycles. The Morgan fingerprint density at radius 2 is 1.70 bits per heavy atom. The Kier molecular flexibility index (Phi) is 7.12. The average molecular weight is 506 g/mol. The van der Waals surface area contributed by atoms with Crippen LogP contribution in [0.2, 0.25) is 0 Å². The third-order valence-corrected chi connectivity index (χ3v) is 6.89. The Balaban J connectivity index is 0.00000336. The summed E-state index contributed by atoms with van der Waals surface area (Å²) >= 11 is 0. The number of piperazine rings is 1. The summed E-state index contributed by atoms with van der Waals surface area (Å²) in [5.41, 5.74) is 3.34. The lowest BCUT2D eigenvalue weighted by Crippen LogP contribution is -2.48. The number of hydrogen-bond donors (Lipinski definition) is 1. The lowest BCUT2D eigenvalue weighted by molar-refractivity contribution is 0.103. The Hall–Kier alpha value is -3.50. The van der Waals surface area contributed by atoms with E-state index in [4.69, 9.17) is 0 Å². The van der Waals surface area contributed by atoms with Crippen LogP contribution in [0.15, 0.2) is 36.9 Å². The maximum absolute atomic E-state index is 14.9. The third-order valence-electron chi connectivity index (χ3n) is 6.89. The Morgan fingerprint density at radius 1 is 0.919 bits per heavy atom. The van der Waals surface area contributed by atoms with Crippen molar-refractivity contribution >= 4 is 22.7 Å². The number of aryl methyl sites for hydroxylation is 1. The number of halogens is 1. The molecular formula is C27H36FN9. The Bertz CT molecular complexity index is 1380. The van der Waals surface area contributed by atoms with Crippen molar-refractivity contribution in [1.82, 2.24) is 39.3 Å². The summed E-state index contributed by atoms with van der Waals surface area (Å²) < 4.78 is 17.0. The zero-order valence-corrected chi connectivity index (χ0v) is 22.1. The van der Waals surface area contributed by atoms with Gasteiger partial charge in [0.15, 0.2) is 5.82 Å². The number of rotatable bonds is 7. The molecule has 0 aliphatic carbocycles. The first-order valence-electron chi connectivity index (χ1n) is 12.8. The van der Waals surface area contributed by atoms with Gasteiger partial charge in [-0.05, 0) is 46.8 Å². The van der Waals surface area contributed by atoms with Crippen molar-refractivity contribution in [2.45, 2.75) is 53.2 Å². The molecule has 37 heavy (non-hydrogen) atoms. The van der Waals surface area contributed by atoms with E-state index < -0.39 is 0 Å². The van der Waals surface area contributed by atoms with Gasteiger partial charge in [-0.25, -0.2) is 24.3 Å². The number of fused-ring (bicyclic) bond motifs is 1. The average Bonchev–Trinajstić information content (AvgIpc) is 3.22. The molecule has 0 atom stereocenters. The number of nitrogens with zero attached hydrogens (tertiary/aromatic N) is 8. The van der Waals surface area contributed by atoms with Gasteiger partial charge < -0.3 is 9.88 Å². The molecule has 4 aromatic rings. The van der Waals surface area contributed by atoms with E-state index in [1.807, 2.05) is 17.6 Å². The highest BCUT2D eigenvalue weighted by molar-refractivity contribution is 5.83. The molecule has 0 radical (unpaired) electrons. The molecule has 0 unspecified atom stereocenters. The van der Waals surface area contributed by atoms with Crippen molar-refractivity contribution in [2.24, 2.45) is 0 Å². The van der Waals surface area contributed by atoms with E-state index in [1.54, 1.807) is 18.5 Å². The monoisotopic (exact) mass is 505 g/mol. The van der Waals surface area contributed by atoms with Crippen LogP contribution < -0.4 is 5.32 Å². The van der Waals surface area contributed by atoms with Crippen LogP contribution in [0.5, 0.6) is 0 Å². The first kappa shape index (κ1) is 25.2. The topological polar surface area (TPSA) is 87.9 Å². The molecule has 1 aliphatic rings. The fourth-order valence-corrected chi connectivity index (χ4v) is 4.95. The Morgan fingerprint density at radius 3 is 2.38 bits per heavy atom. The van der Waals surface area contributed by atoms with E-state index in [0.29, 0.717) is 34.5 Å². The molecule has 10 heteroatoms. The maximum atomic E-state index is 14.9. The molecule has 9 nitrogen and oxygen atoms in total.